The van der Waals surface area contributed by atoms with Crippen LogP contribution >= 0.6 is 34.2 Å². The number of ether oxygens (including phenoxy) is 3. The number of piperazine rings is 1. The first-order valence-corrected chi connectivity index (χ1v) is 18.5. The van der Waals surface area contributed by atoms with Crippen LogP contribution in [0.1, 0.15) is 33.4 Å². The average Bonchev–Trinajstić information content (AvgIpc) is 3.14. The number of hydrogen-bond acceptors (Lipinski definition) is 6. The molecule has 0 saturated carbocycles. The predicted molar refractivity (Wildman–Crippen MR) is 212 cm³/mol. The average molecular weight is 814 g/mol. The van der Waals surface area contributed by atoms with Gasteiger partial charge in [-0.1, -0.05) is 65.7 Å². The van der Waals surface area contributed by atoms with E-state index in [0.717, 1.165) is 48.5 Å². The van der Waals surface area contributed by atoms with Gasteiger partial charge in [-0.3, -0.25) is 9.69 Å². The summed E-state index contributed by atoms with van der Waals surface area (Å²) in [5.41, 5.74) is 6.50. The van der Waals surface area contributed by atoms with Gasteiger partial charge in [0.25, 0.3) is 0 Å². The zero-order valence-electron chi connectivity index (χ0n) is 28.9. The molecule has 0 atom stereocenters. The second kappa shape index (κ2) is 17.7. The molecule has 0 unspecified atom stereocenters. The van der Waals surface area contributed by atoms with Crippen molar-refractivity contribution in [1.82, 2.24) is 14.8 Å². The number of pyridine rings is 1. The fourth-order valence-electron chi connectivity index (χ4n) is 5.74. The first-order valence-electron chi connectivity index (χ1n) is 17.1. The second-order valence-electron chi connectivity index (χ2n) is 12.7. The fraction of sp³-hybridized carbons (Fsp3) is 0.238. The molecule has 1 fully saturated rings. The van der Waals surface area contributed by atoms with E-state index in [-0.39, 0.29) is 5.91 Å². The Hall–Kier alpha value is -4.38. The molecule has 0 N–H and O–H groups in total. The number of aryl methyl sites for hydroxylation is 2. The Morgan fingerprint density at radius 2 is 1.51 bits per heavy atom. The molecule has 1 aromatic heterocycles. The van der Waals surface area contributed by atoms with Crippen LogP contribution in [0.3, 0.4) is 0 Å². The summed E-state index contributed by atoms with van der Waals surface area (Å²) >= 11 is 8.92. The molecule has 9 heteroatoms. The molecule has 0 bridgehead atoms. The van der Waals surface area contributed by atoms with Crippen LogP contribution in [0.15, 0.2) is 109 Å². The molecule has 4 aromatic carbocycles. The van der Waals surface area contributed by atoms with Gasteiger partial charge in [-0.05, 0) is 113 Å². The zero-order valence-corrected chi connectivity index (χ0v) is 31.8. The fourth-order valence-corrected chi connectivity index (χ4v) is 6.41. The van der Waals surface area contributed by atoms with E-state index in [0.29, 0.717) is 48.7 Å². The van der Waals surface area contributed by atoms with Crippen molar-refractivity contribution in [2.45, 2.75) is 33.4 Å². The van der Waals surface area contributed by atoms with Crippen LogP contribution in [0.25, 0.3) is 6.08 Å². The van der Waals surface area contributed by atoms with Crippen molar-refractivity contribution in [1.29, 1.82) is 0 Å². The summed E-state index contributed by atoms with van der Waals surface area (Å²) in [5, 5.41) is 0.445. The quantitative estimate of drug-likeness (QED) is 0.0873. The highest BCUT2D eigenvalue weighted by atomic mass is 127. The molecular weight excluding hydrogens is 773 g/mol. The standard InChI is InChI=1S/C42H41ClIN3O4/c1-30-3-5-34(6-4-30)29-50-38-16-17-40(45-27-38)51-42-31(2)25-35(26-39(42)43)11-18-41(48)47-22-20-46(21-23-47)28-33-9-7-32(8-10-33)19-24-49-37-14-12-36(44)13-15-37/h3-18,25-27H,19-24,28-29H2,1-2H3/b18-11+. The van der Waals surface area contributed by atoms with Crippen LogP contribution in [0.4, 0.5) is 0 Å². The maximum absolute atomic E-state index is 13.0. The smallest absolute Gasteiger partial charge is 0.246 e. The Kier molecular flexibility index (Phi) is 12.6. The monoisotopic (exact) mass is 813 g/mol. The molecular formula is C42H41ClIN3O4. The molecule has 0 spiro atoms. The first kappa shape index (κ1) is 36.4. The lowest BCUT2D eigenvalue weighted by Crippen LogP contribution is -2.47. The van der Waals surface area contributed by atoms with Gasteiger partial charge in [-0.15, -0.1) is 0 Å². The topological polar surface area (TPSA) is 64.1 Å². The Labute approximate surface area is 319 Å². The van der Waals surface area contributed by atoms with Crippen molar-refractivity contribution in [3.05, 3.63) is 151 Å². The van der Waals surface area contributed by atoms with E-state index in [2.05, 4.69) is 100 Å². The van der Waals surface area contributed by atoms with Gasteiger partial charge in [0.1, 0.15) is 18.1 Å². The van der Waals surface area contributed by atoms with Crippen LogP contribution < -0.4 is 14.2 Å². The number of benzene rings is 4. The lowest BCUT2D eigenvalue weighted by Gasteiger charge is -2.34. The van der Waals surface area contributed by atoms with Crippen molar-refractivity contribution in [2.75, 3.05) is 32.8 Å². The van der Waals surface area contributed by atoms with E-state index in [1.54, 1.807) is 24.4 Å². The SMILES string of the molecule is Cc1ccc(COc2ccc(Oc3c(C)cc(/C=C/C(=O)N4CCN(Cc5ccc(CCOc6ccc(I)cc6)cc5)CC4)cc3Cl)nc2)cc1. The van der Waals surface area contributed by atoms with Gasteiger partial charge >= 0.3 is 0 Å². The van der Waals surface area contributed by atoms with Gasteiger partial charge in [0.05, 0.1) is 17.8 Å². The van der Waals surface area contributed by atoms with E-state index in [4.69, 9.17) is 25.8 Å². The molecule has 262 valence electrons. The van der Waals surface area contributed by atoms with Gasteiger partial charge in [0.2, 0.25) is 11.8 Å². The molecule has 1 aliphatic heterocycles. The Morgan fingerprint density at radius 3 is 2.20 bits per heavy atom. The second-order valence-corrected chi connectivity index (χ2v) is 14.3. The molecule has 5 aromatic rings. The highest BCUT2D eigenvalue weighted by molar-refractivity contribution is 14.1. The molecule has 6 rings (SSSR count). The highest BCUT2D eigenvalue weighted by Crippen LogP contribution is 2.34. The van der Waals surface area contributed by atoms with Crippen LogP contribution in [-0.2, 0) is 24.4 Å². The van der Waals surface area contributed by atoms with Crippen LogP contribution in [0, 0.1) is 17.4 Å². The minimum atomic E-state index is -0.00514. The van der Waals surface area contributed by atoms with Gasteiger partial charge in [0.15, 0.2) is 5.75 Å². The summed E-state index contributed by atoms with van der Waals surface area (Å²) in [6.07, 6.45) is 5.93. The lowest BCUT2D eigenvalue weighted by atomic mass is 10.1. The minimum Gasteiger partial charge on any atom is -0.493 e. The molecule has 7 nitrogen and oxygen atoms in total. The zero-order chi connectivity index (χ0) is 35.6. The lowest BCUT2D eigenvalue weighted by molar-refractivity contribution is -0.127. The number of hydrogen-bond donors (Lipinski definition) is 0. The number of aromatic nitrogens is 1. The molecule has 51 heavy (non-hydrogen) atoms. The first-order chi connectivity index (χ1) is 24.8. The van der Waals surface area contributed by atoms with E-state index in [1.807, 2.05) is 42.2 Å². The van der Waals surface area contributed by atoms with Gasteiger partial charge in [-0.2, -0.15) is 0 Å². The number of carbonyl (C=O) groups excluding carboxylic acids is 1. The minimum absolute atomic E-state index is 0.00514. The maximum atomic E-state index is 13.0. The van der Waals surface area contributed by atoms with Crippen molar-refractivity contribution >= 4 is 46.2 Å². The van der Waals surface area contributed by atoms with Crippen molar-refractivity contribution < 1.29 is 19.0 Å². The Bertz CT molecular complexity index is 1900. The largest absolute Gasteiger partial charge is 0.493 e. The third-order valence-corrected chi connectivity index (χ3v) is 9.70. The summed E-state index contributed by atoms with van der Waals surface area (Å²) in [5.74, 6) is 2.49. The number of nitrogens with zero attached hydrogens (tertiary/aromatic N) is 3. The van der Waals surface area contributed by atoms with Crippen LogP contribution in [0.5, 0.6) is 23.1 Å². The summed E-state index contributed by atoms with van der Waals surface area (Å²) in [7, 11) is 0. The molecule has 1 aliphatic rings. The number of rotatable bonds is 13. The van der Waals surface area contributed by atoms with Crippen molar-refractivity contribution in [3.8, 4) is 23.1 Å². The molecule has 0 radical (unpaired) electrons. The molecule has 1 amide bonds. The van der Waals surface area contributed by atoms with Crippen LogP contribution in [0.2, 0.25) is 5.02 Å². The summed E-state index contributed by atoms with van der Waals surface area (Å²) < 4.78 is 19.0. The van der Waals surface area contributed by atoms with E-state index in [9.17, 15) is 4.79 Å². The molecule has 2 heterocycles. The Morgan fingerprint density at radius 1 is 0.824 bits per heavy atom. The molecule has 1 saturated heterocycles. The molecule has 0 aliphatic carbocycles. The number of halogens is 2. The highest BCUT2D eigenvalue weighted by Gasteiger charge is 2.20. The van der Waals surface area contributed by atoms with Crippen molar-refractivity contribution in [2.24, 2.45) is 0 Å². The summed E-state index contributed by atoms with van der Waals surface area (Å²) in [6, 6.07) is 32.4. The van der Waals surface area contributed by atoms with Gasteiger partial charge in [0, 0.05) is 54.9 Å². The summed E-state index contributed by atoms with van der Waals surface area (Å²) in [6.45, 7) is 8.99. The van der Waals surface area contributed by atoms with E-state index >= 15 is 0 Å². The third-order valence-electron chi connectivity index (χ3n) is 8.70. The number of amides is 1. The third kappa shape index (κ3) is 10.8. The van der Waals surface area contributed by atoms with E-state index in [1.165, 1.54) is 20.3 Å². The van der Waals surface area contributed by atoms with Gasteiger partial charge < -0.3 is 19.1 Å². The van der Waals surface area contributed by atoms with Crippen molar-refractivity contribution in [3.63, 3.8) is 0 Å². The summed E-state index contributed by atoms with van der Waals surface area (Å²) in [4.78, 5) is 21.7. The van der Waals surface area contributed by atoms with Gasteiger partial charge in [-0.25, -0.2) is 4.98 Å². The number of carbonyl (C=O) groups is 1. The normalized spacial score (nSPS) is 13.4. The Balaban J connectivity index is 0.931. The maximum Gasteiger partial charge on any atom is 0.246 e. The van der Waals surface area contributed by atoms with Crippen LogP contribution in [-0.4, -0.2) is 53.5 Å². The predicted octanol–water partition coefficient (Wildman–Crippen LogP) is 9.31. The van der Waals surface area contributed by atoms with E-state index < -0.39 is 0 Å².